The second-order valence-electron chi connectivity index (χ2n) is 7.41. The third-order valence-electron chi connectivity index (χ3n) is 4.74. The average molecular weight is 311 g/mol. The van der Waals surface area contributed by atoms with Gasteiger partial charge >= 0.3 is 0 Å². The van der Waals surface area contributed by atoms with Crippen molar-refractivity contribution in [2.75, 3.05) is 6.61 Å². The minimum atomic E-state index is -1.89. The molecule has 1 heterocycles. The highest BCUT2D eigenvalue weighted by Crippen LogP contribution is 2.39. The molecule has 0 aromatic carbocycles. The Hall–Kier alpha value is -0.833. The molecule has 1 fully saturated rings. The number of hydrogen-bond acceptors (Lipinski definition) is 3. The minimum absolute atomic E-state index is 0.0105. The molecular formula is C16H29NO3Si. The first-order chi connectivity index (χ1) is 9.51. The van der Waals surface area contributed by atoms with Crippen LogP contribution in [0.2, 0.25) is 18.1 Å². The van der Waals surface area contributed by atoms with Gasteiger partial charge in [0.15, 0.2) is 8.32 Å². The summed E-state index contributed by atoms with van der Waals surface area (Å²) in [6.07, 6.45) is -0.108. The van der Waals surface area contributed by atoms with Gasteiger partial charge in [0.1, 0.15) is 6.61 Å². The van der Waals surface area contributed by atoms with E-state index in [2.05, 4.69) is 51.0 Å². The SMILES string of the molecule is C[C@@H](C#CCO)[C@H]1NC(=O)[C@@H]1[C@@H](C)O[Si](C)(C)C(C)(C)C. The molecule has 1 saturated heterocycles. The van der Waals surface area contributed by atoms with Gasteiger partial charge in [-0.25, -0.2) is 0 Å². The third-order valence-corrected chi connectivity index (χ3v) is 9.31. The van der Waals surface area contributed by atoms with Gasteiger partial charge in [0.05, 0.1) is 18.1 Å². The van der Waals surface area contributed by atoms with Gasteiger partial charge in [-0.3, -0.25) is 4.79 Å². The number of nitrogens with one attached hydrogen (secondary N) is 1. The van der Waals surface area contributed by atoms with Gasteiger partial charge in [-0.2, -0.15) is 0 Å². The molecule has 1 aliphatic heterocycles. The number of amides is 1. The normalized spacial score (nSPS) is 25.2. The van der Waals surface area contributed by atoms with Gasteiger partial charge in [0, 0.05) is 5.92 Å². The molecule has 0 spiro atoms. The molecule has 0 aliphatic carbocycles. The quantitative estimate of drug-likeness (QED) is 0.475. The second-order valence-corrected chi connectivity index (χ2v) is 12.2. The lowest BCUT2D eigenvalue weighted by molar-refractivity contribution is -0.141. The van der Waals surface area contributed by atoms with E-state index in [0.717, 1.165) is 0 Å². The van der Waals surface area contributed by atoms with Crippen molar-refractivity contribution in [2.24, 2.45) is 11.8 Å². The van der Waals surface area contributed by atoms with E-state index in [9.17, 15) is 4.79 Å². The van der Waals surface area contributed by atoms with Crippen LogP contribution in [-0.2, 0) is 9.22 Å². The van der Waals surface area contributed by atoms with Gasteiger partial charge in [-0.05, 0) is 32.0 Å². The largest absolute Gasteiger partial charge is 0.413 e. The Bertz CT molecular complexity index is 445. The van der Waals surface area contributed by atoms with Crippen LogP contribution in [0.3, 0.4) is 0 Å². The first-order valence-electron chi connectivity index (χ1n) is 7.58. The average Bonchev–Trinajstić information content (AvgIpc) is 2.30. The Labute approximate surface area is 129 Å². The fourth-order valence-corrected chi connectivity index (χ4v) is 3.80. The number of rotatable bonds is 4. The molecule has 4 atom stereocenters. The second kappa shape index (κ2) is 6.51. The zero-order valence-corrected chi connectivity index (χ0v) is 15.3. The maximum Gasteiger partial charge on any atom is 0.228 e. The minimum Gasteiger partial charge on any atom is -0.413 e. The highest BCUT2D eigenvalue weighted by Gasteiger charge is 2.48. The summed E-state index contributed by atoms with van der Waals surface area (Å²) in [7, 11) is -1.89. The summed E-state index contributed by atoms with van der Waals surface area (Å²) in [5, 5.41) is 11.8. The molecule has 5 heteroatoms. The summed E-state index contributed by atoms with van der Waals surface area (Å²) in [4.78, 5) is 11.9. The Morgan fingerprint density at radius 1 is 1.38 bits per heavy atom. The molecule has 0 radical (unpaired) electrons. The standard InChI is InChI=1S/C16H29NO3Si/c1-11(9-8-10-18)14-13(15(19)17-14)12(2)20-21(6,7)16(3,4)5/h11-14,18H,10H2,1-7H3,(H,17,19)/t11-,12+,13+,14+/m0/s1. The maximum atomic E-state index is 11.9. The molecule has 1 aliphatic rings. The van der Waals surface area contributed by atoms with Crippen molar-refractivity contribution in [1.82, 2.24) is 5.32 Å². The van der Waals surface area contributed by atoms with Crippen molar-refractivity contribution < 1.29 is 14.3 Å². The Kier molecular flexibility index (Phi) is 5.65. The summed E-state index contributed by atoms with van der Waals surface area (Å²) < 4.78 is 6.34. The van der Waals surface area contributed by atoms with Crippen molar-refractivity contribution >= 4 is 14.2 Å². The van der Waals surface area contributed by atoms with Crippen molar-refractivity contribution in [3.63, 3.8) is 0 Å². The predicted octanol–water partition coefficient (Wildman–Crippen LogP) is 2.14. The van der Waals surface area contributed by atoms with Crippen LogP contribution in [0.15, 0.2) is 0 Å². The Balaban J connectivity index is 2.76. The number of aliphatic hydroxyl groups is 1. The molecule has 0 aromatic rings. The smallest absolute Gasteiger partial charge is 0.228 e. The highest BCUT2D eigenvalue weighted by molar-refractivity contribution is 6.74. The first-order valence-corrected chi connectivity index (χ1v) is 10.5. The third kappa shape index (κ3) is 4.09. The molecule has 1 amide bonds. The fraction of sp³-hybridized carbons (Fsp3) is 0.812. The number of aliphatic hydroxyl groups excluding tert-OH is 1. The predicted molar refractivity (Wildman–Crippen MR) is 87.2 cm³/mol. The summed E-state index contributed by atoms with van der Waals surface area (Å²) in [6.45, 7) is 14.8. The molecular weight excluding hydrogens is 282 g/mol. The van der Waals surface area contributed by atoms with E-state index in [0.29, 0.717) is 0 Å². The van der Waals surface area contributed by atoms with E-state index >= 15 is 0 Å². The maximum absolute atomic E-state index is 11.9. The van der Waals surface area contributed by atoms with Gasteiger partial charge < -0.3 is 14.8 Å². The molecule has 0 bridgehead atoms. The molecule has 21 heavy (non-hydrogen) atoms. The lowest BCUT2D eigenvalue weighted by Crippen LogP contribution is -2.65. The van der Waals surface area contributed by atoms with Crippen LogP contribution in [0.5, 0.6) is 0 Å². The van der Waals surface area contributed by atoms with Crippen molar-refractivity contribution in [3.8, 4) is 11.8 Å². The number of hydrogen-bond donors (Lipinski definition) is 2. The highest BCUT2D eigenvalue weighted by atomic mass is 28.4. The lowest BCUT2D eigenvalue weighted by atomic mass is 9.79. The lowest BCUT2D eigenvalue weighted by Gasteiger charge is -2.46. The van der Waals surface area contributed by atoms with E-state index in [1.807, 2.05) is 13.8 Å². The zero-order valence-electron chi connectivity index (χ0n) is 14.3. The first kappa shape index (κ1) is 18.2. The fourth-order valence-electron chi connectivity index (χ4n) is 2.37. The monoisotopic (exact) mass is 311 g/mol. The van der Waals surface area contributed by atoms with Crippen LogP contribution >= 0.6 is 0 Å². The Morgan fingerprint density at radius 3 is 2.38 bits per heavy atom. The van der Waals surface area contributed by atoms with Crippen LogP contribution in [0.25, 0.3) is 0 Å². The van der Waals surface area contributed by atoms with E-state index in [-0.39, 0.29) is 41.5 Å². The summed E-state index contributed by atoms with van der Waals surface area (Å²) in [5.41, 5.74) is 0. The number of carbonyl (C=O) groups excluding carboxylic acids is 1. The van der Waals surface area contributed by atoms with Gasteiger partial charge in [0.2, 0.25) is 5.91 Å². The number of carbonyl (C=O) groups is 1. The van der Waals surface area contributed by atoms with Crippen molar-refractivity contribution in [1.29, 1.82) is 0 Å². The molecule has 0 aromatic heterocycles. The topological polar surface area (TPSA) is 58.6 Å². The van der Waals surface area contributed by atoms with Gasteiger partial charge in [0.25, 0.3) is 0 Å². The zero-order chi connectivity index (χ0) is 16.4. The molecule has 0 unspecified atom stereocenters. The summed E-state index contributed by atoms with van der Waals surface area (Å²) in [6, 6.07) is 0.0105. The summed E-state index contributed by atoms with van der Waals surface area (Å²) in [5.74, 6) is 5.55. The molecule has 1 rings (SSSR count). The van der Waals surface area contributed by atoms with Crippen molar-refractivity contribution in [2.45, 2.75) is 64.9 Å². The molecule has 0 saturated carbocycles. The van der Waals surface area contributed by atoms with Crippen LogP contribution < -0.4 is 5.32 Å². The summed E-state index contributed by atoms with van der Waals surface area (Å²) >= 11 is 0. The molecule has 4 nitrogen and oxygen atoms in total. The van der Waals surface area contributed by atoms with E-state index in [1.54, 1.807) is 0 Å². The van der Waals surface area contributed by atoms with E-state index in [4.69, 9.17) is 9.53 Å². The van der Waals surface area contributed by atoms with Gasteiger partial charge in [-0.1, -0.05) is 32.6 Å². The van der Waals surface area contributed by atoms with Crippen LogP contribution in [0.4, 0.5) is 0 Å². The van der Waals surface area contributed by atoms with Crippen molar-refractivity contribution in [3.05, 3.63) is 0 Å². The molecule has 2 N–H and O–H groups in total. The number of β-lactam (4-membered cyclic amide) rings is 1. The molecule has 120 valence electrons. The Morgan fingerprint density at radius 2 is 1.95 bits per heavy atom. The van der Waals surface area contributed by atoms with E-state index < -0.39 is 8.32 Å². The van der Waals surface area contributed by atoms with Crippen LogP contribution in [0, 0.1) is 23.7 Å². The van der Waals surface area contributed by atoms with Crippen LogP contribution in [0.1, 0.15) is 34.6 Å². The van der Waals surface area contributed by atoms with Crippen LogP contribution in [-0.4, -0.2) is 38.1 Å². The van der Waals surface area contributed by atoms with Gasteiger partial charge in [-0.15, -0.1) is 0 Å². The van der Waals surface area contributed by atoms with E-state index in [1.165, 1.54) is 0 Å².